The number of hydrogen-bond acceptors (Lipinski definition) is 5. The van der Waals surface area contributed by atoms with Gasteiger partial charge in [-0.15, -0.1) is 11.8 Å². The van der Waals surface area contributed by atoms with Crippen molar-refractivity contribution in [2.24, 2.45) is 0 Å². The summed E-state index contributed by atoms with van der Waals surface area (Å²) in [6, 6.07) is 0. The van der Waals surface area contributed by atoms with Gasteiger partial charge in [-0.05, 0) is 42.8 Å². The molecule has 6 heteroatoms. The molecule has 0 saturated heterocycles. The third-order valence-electron chi connectivity index (χ3n) is 4.90. The molecule has 0 aliphatic heterocycles. The highest BCUT2D eigenvalue weighted by Crippen LogP contribution is 2.39. The summed E-state index contributed by atoms with van der Waals surface area (Å²) in [5.41, 5.74) is 0. The first-order valence-corrected chi connectivity index (χ1v) is 13.3. The van der Waals surface area contributed by atoms with Crippen molar-refractivity contribution in [3.8, 4) is 0 Å². The van der Waals surface area contributed by atoms with Gasteiger partial charge < -0.3 is 9.16 Å². The first-order chi connectivity index (χ1) is 12.1. The number of Topliss-reactive ketones (excluding diaryl/α,β-unsaturated/α-hetero) is 1. The fourth-order valence-electron chi connectivity index (χ4n) is 2.32. The fourth-order valence-corrected chi connectivity index (χ4v) is 4.64. The molecule has 0 unspecified atom stereocenters. The molecule has 0 heterocycles. The molecule has 1 rings (SSSR count). The minimum atomic E-state index is -1.85. The van der Waals surface area contributed by atoms with Crippen LogP contribution in [0.5, 0.6) is 0 Å². The van der Waals surface area contributed by atoms with Crippen LogP contribution in [0.3, 0.4) is 0 Å². The van der Waals surface area contributed by atoms with E-state index >= 15 is 0 Å². The van der Waals surface area contributed by atoms with Crippen LogP contribution in [0.25, 0.3) is 0 Å². The van der Waals surface area contributed by atoms with Crippen LogP contribution in [-0.4, -0.2) is 38.5 Å². The van der Waals surface area contributed by atoms with E-state index in [1.54, 1.807) is 17.8 Å². The van der Waals surface area contributed by atoms with E-state index in [4.69, 9.17) is 9.16 Å². The Labute approximate surface area is 163 Å². The zero-order valence-corrected chi connectivity index (χ0v) is 18.7. The molecule has 0 saturated carbocycles. The van der Waals surface area contributed by atoms with E-state index in [-0.39, 0.29) is 29.5 Å². The van der Waals surface area contributed by atoms with E-state index < -0.39 is 8.32 Å². The van der Waals surface area contributed by atoms with Crippen molar-refractivity contribution in [1.29, 1.82) is 0 Å². The third-order valence-corrected chi connectivity index (χ3v) is 10.6. The average Bonchev–Trinajstić information content (AvgIpc) is 2.86. The first-order valence-electron chi connectivity index (χ1n) is 9.39. The van der Waals surface area contributed by atoms with E-state index in [9.17, 15) is 9.59 Å². The van der Waals surface area contributed by atoms with Gasteiger partial charge in [-0.3, -0.25) is 9.59 Å². The summed E-state index contributed by atoms with van der Waals surface area (Å²) in [5.74, 6) is 0.926. The number of allylic oxidation sites excluding steroid dienone is 1. The van der Waals surface area contributed by atoms with Crippen LogP contribution in [0.1, 0.15) is 52.9 Å². The van der Waals surface area contributed by atoms with Gasteiger partial charge in [0.25, 0.3) is 0 Å². The summed E-state index contributed by atoms with van der Waals surface area (Å²) >= 11 is 1.62. The minimum absolute atomic E-state index is 0.0643. The van der Waals surface area contributed by atoms with Gasteiger partial charge in [0, 0.05) is 17.7 Å². The zero-order valence-electron chi connectivity index (χ0n) is 16.9. The summed E-state index contributed by atoms with van der Waals surface area (Å²) in [6.07, 6.45) is 7.21. The van der Waals surface area contributed by atoms with Crippen molar-refractivity contribution in [3.63, 3.8) is 0 Å². The lowest BCUT2D eigenvalue weighted by atomic mass is 10.2. The summed E-state index contributed by atoms with van der Waals surface area (Å²) in [7, 11) is -1.85. The molecule has 0 N–H and O–H groups in total. The Morgan fingerprint density at radius 3 is 2.65 bits per heavy atom. The molecule has 0 aromatic carbocycles. The Morgan fingerprint density at radius 1 is 1.35 bits per heavy atom. The Bertz CT molecular complexity index is 534. The van der Waals surface area contributed by atoms with Crippen LogP contribution in [0, 0.1) is 0 Å². The van der Waals surface area contributed by atoms with Crippen molar-refractivity contribution in [3.05, 3.63) is 23.6 Å². The second-order valence-corrected chi connectivity index (χ2v) is 14.1. The van der Waals surface area contributed by atoms with E-state index in [0.717, 1.165) is 29.9 Å². The molecule has 1 atom stereocenters. The van der Waals surface area contributed by atoms with Crippen molar-refractivity contribution < 1.29 is 18.8 Å². The number of rotatable bonds is 11. The van der Waals surface area contributed by atoms with Gasteiger partial charge >= 0.3 is 5.97 Å². The predicted molar refractivity (Wildman–Crippen MR) is 112 cm³/mol. The number of carbonyl (C=O) groups excluding carboxylic acids is 2. The van der Waals surface area contributed by atoms with Gasteiger partial charge in [0.2, 0.25) is 0 Å². The monoisotopic (exact) mass is 398 g/mol. The highest BCUT2D eigenvalue weighted by atomic mass is 32.2. The topological polar surface area (TPSA) is 52.6 Å². The normalized spacial score (nSPS) is 18.0. The lowest BCUT2D eigenvalue weighted by molar-refractivity contribution is -0.142. The maximum atomic E-state index is 12.2. The SMILES string of the molecule is C=CCOC(=O)CCCCCSC1=C[C@H](O[Si](C)(C)C(C)(C)C)CC1=O. The lowest BCUT2D eigenvalue weighted by Gasteiger charge is -2.37. The summed E-state index contributed by atoms with van der Waals surface area (Å²) in [5, 5.41) is 0.145. The zero-order chi connectivity index (χ0) is 19.8. The fraction of sp³-hybridized carbons (Fsp3) is 0.700. The van der Waals surface area contributed by atoms with Gasteiger partial charge in [0.05, 0.1) is 6.10 Å². The van der Waals surface area contributed by atoms with E-state index in [1.165, 1.54) is 0 Å². The Balaban J connectivity index is 2.29. The van der Waals surface area contributed by atoms with E-state index in [0.29, 0.717) is 12.8 Å². The second-order valence-electron chi connectivity index (χ2n) is 8.21. The number of esters is 1. The van der Waals surface area contributed by atoms with Crippen LogP contribution in [0.4, 0.5) is 0 Å². The molecule has 1 aliphatic rings. The maximum absolute atomic E-state index is 12.2. The molecule has 0 bridgehead atoms. The average molecular weight is 399 g/mol. The van der Waals surface area contributed by atoms with Gasteiger partial charge in [-0.2, -0.15) is 0 Å². The smallest absolute Gasteiger partial charge is 0.306 e. The van der Waals surface area contributed by atoms with Crippen LogP contribution >= 0.6 is 11.8 Å². The van der Waals surface area contributed by atoms with Gasteiger partial charge in [-0.1, -0.05) is 39.8 Å². The van der Waals surface area contributed by atoms with Crippen LogP contribution in [-0.2, 0) is 18.8 Å². The number of unbranched alkanes of at least 4 members (excludes halogenated alkanes) is 2. The van der Waals surface area contributed by atoms with Crippen molar-refractivity contribution in [2.45, 2.75) is 77.1 Å². The molecule has 0 fully saturated rings. The summed E-state index contributed by atoms with van der Waals surface area (Å²) in [4.78, 5) is 24.4. The maximum Gasteiger partial charge on any atom is 0.306 e. The standard InChI is InChI=1S/C20H34O4SSi/c1-7-12-23-19(22)11-9-8-10-13-25-18-15-16(14-17(18)21)24-26(5,6)20(2,3)4/h7,15-16H,1,8-14H2,2-6H3/t16-/m1/s1. The van der Waals surface area contributed by atoms with Gasteiger partial charge in [0.1, 0.15) is 6.61 Å². The number of carbonyl (C=O) groups is 2. The van der Waals surface area contributed by atoms with Gasteiger partial charge in [0.15, 0.2) is 14.1 Å². The quantitative estimate of drug-likeness (QED) is 0.206. The van der Waals surface area contributed by atoms with Crippen LogP contribution in [0.2, 0.25) is 18.1 Å². The molecule has 4 nitrogen and oxygen atoms in total. The molecule has 26 heavy (non-hydrogen) atoms. The van der Waals surface area contributed by atoms with E-state index in [2.05, 4.69) is 40.4 Å². The lowest BCUT2D eigenvalue weighted by Crippen LogP contribution is -2.43. The summed E-state index contributed by atoms with van der Waals surface area (Å²) < 4.78 is 11.3. The number of thioether (sulfide) groups is 1. The highest BCUT2D eigenvalue weighted by Gasteiger charge is 2.40. The van der Waals surface area contributed by atoms with Crippen LogP contribution in [0.15, 0.2) is 23.6 Å². The highest BCUT2D eigenvalue weighted by molar-refractivity contribution is 8.04. The van der Waals surface area contributed by atoms with Crippen molar-refractivity contribution in [1.82, 2.24) is 0 Å². The van der Waals surface area contributed by atoms with Gasteiger partial charge in [-0.25, -0.2) is 0 Å². The molecule has 0 radical (unpaired) electrons. The first kappa shape index (κ1) is 23.2. The molecule has 0 aromatic heterocycles. The Kier molecular flexibility index (Phi) is 9.34. The molecular weight excluding hydrogens is 364 g/mol. The molecule has 0 aromatic rings. The molecule has 0 spiro atoms. The number of hydrogen-bond donors (Lipinski definition) is 0. The molecule has 1 aliphatic carbocycles. The molecular formula is C20H34O4SSi. The Hall–Kier alpha value is -0.853. The largest absolute Gasteiger partial charge is 0.461 e. The number of ketones is 1. The van der Waals surface area contributed by atoms with E-state index in [1.807, 2.05) is 6.08 Å². The Morgan fingerprint density at radius 2 is 2.04 bits per heavy atom. The summed E-state index contributed by atoms with van der Waals surface area (Å²) in [6.45, 7) is 14.9. The molecule has 0 amide bonds. The predicted octanol–water partition coefficient (Wildman–Crippen LogP) is 5.26. The third kappa shape index (κ3) is 7.80. The molecule has 148 valence electrons. The minimum Gasteiger partial charge on any atom is -0.461 e. The van der Waals surface area contributed by atoms with Crippen LogP contribution < -0.4 is 0 Å². The number of ether oxygens (including phenoxy) is 1. The van der Waals surface area contributed by atoms with Crippen molar-refractivity contribution in [2.75, 3.05) is 12.4 Å². The van der Waals surface area contributed by atoms with Crippen molar-refractivity contribution >= 4 is 31.8 Å². The second kappa shape index (κ2) is 10.5.